The molecule has 0 aliphatic rings. The summed E-state index contributed by atoms with van der Waals surface area (Å²) in [6.07, 6.45) is 0. The fourth-order valence-corrected chi connectivity index (χ4v) is 2.48. The van der Waals surface area contributed by atoms with Gasteiger partial charge in [0.2, 0.25) is 0 Å². The highest BCUT2D eigenvalue weighted by molar-refractivity contribution is 7.17. The Morgan fingerprint density at radius 3 is 2.53 bits per heavy atom. The Labute approximate surface area is 97.3 Å². The summed E-state index contributed by atoms with van der Waals surface area (Å²) in [5.74, 6) is 0.0400. The summed E-state index contributed by atoms with van der Waals surface area (Å²) < 4.78 is 0. The average Bonchev–Trinajstić information content (AvgIpc) is 2.78. The molecule has 0 aliphatic carbocycles. The predicted molar refractivity (Wildman–Crippen MR) is 64.8 cm³/mol. The lowest BCUT2D eigenvalue weighted by Crippen LogP contribution is -1.95. The first-order valence-corrected chi connectivity index (χ1v) is 5.91. The van der Waals surface area contributed by atoms with E-state index in [0.717, 1.165) is 15.3 Å². The molecule has 0 saturated carbocycles. The number of Topliss-reactive ketones (excluding diaryl/α,β-unsaturated/α-hetero) is 1. The third kappa shape index (κ3) is 2.28. The van der Waals surface area contributed by atoms with Crippen LogP contribution in [0.5, 0.6) is 0 Å². The fourth-order valence-electron chi connectivity index (χ4n) is 1.31. The first-order chi connectivity index (χ1) is 7.31. The quantitative estimate of drug-likeness (QED) is 0.585. The molecule has 1 nitrogen and oxygen atoms in total. The van der Waals surface area contributed by atoms with Gasteiger partial charge in [0.05, 0.1) is 10.8 Å². The molecular formula is C12H9ClOS. The van der Waals surface area contributed by atoms with E-state index in [4.69, 9.17) is 11.6 Å². The predicted octanol–water partition coefficient (Wildman–Crippen LogP) is 3.84. The highest BCUT2D eigenvalue weighted by Crippen LogP contribution is 2.28. The van der Waals surface area contributed by atoms with Crippen LogP contribution in [0.2, 0.25) is 0 Å². The fraction of sp³-hybridized carbons (Fsp3) is 0.0833. The van der Waals surface area contributed by atoms with Gasteiger partial charge in [-0.05, 0) is 17.7 Å². The van der Waals surface area contributed by atoms with Crippen LogP contribution in [0.1, 0.15) is 9.67 Å². The molecule has 0 atom stereocenters. The van der Waals surface area contributed by atoms with E-state index >= 15 is 0 Å². The van der Waals surface area contributed by atoms with Crippen molar-refractivity contribution < 1.29 is 4.79 Å². The Bertz CT molecular complexity index is 461. The van der Waals surface area contributed by atoms with E-state index in [0.29, 0.717) is 0 Å². The molecule has 76 valence electrons. The molecular weight excluding hydrogens is 228 g/mol. The first kappa shape index (κ1) is 10.4. The maximum absolute atomic E-state index is 11.3. The summed E-state index contributed by atoms with van der Waals surface area (Å²) in [6, 6.07) is 13.8. The van der Waals surface area contributed by atoms with E-state index in [9.17, 15) is 4.79 Å². The van der Waals surface area contributed by atoms with Crippen LogP contribution >= 0.6 is 22.9 Å². The molecule has 2 aromatic rings. The molecule has 0 saturated heterocycles. The summed E-state index contributed by atoms with van der Waals surface area (Å²) in [5.41, 5.74) is 1.14. The van der Waals surface area contributed by atoms with Gasteiger partial charge >= 0.3 is 0 Å². The minimum atomic E-state index is -0.0103. The number of alkyl halides is 1. The van der Waals surface area contributed by atoms with Gasteiger partial charge in [-0.15, -0.1) is 22.9 Å². The van der Waals surface area contributed by atoms with Gasteiger partial charge in [0.25, 0.3) is 0 Å². The number of hydrogen-bond acceptors (Lipinski definition) is 2. The van der Waals surface area contributed by atoms with Gasteiger partial charge in [0.1, 0.15) is 0 Å². The van der Waals surface area contributed by atoms with Gasteiger partial charge in [-0.25, -0.2) is 0 Å². The first-order valence-electron chi connectivity index (χ1n) is 4.55. The number of hydrogen-bond donors (Lipinski definition) is 0. The van der Waals surface area contributed by atoms with Crippen molar-refractivity contribution in [2.75, 3.05) is 5.88 Å². The highest BCUT2D eigenvalue weighted by atomic mass is 35.5. The summed E-state index contributed by atoms with van der Waals surface area (Å²) in [4.78, 5) is 13.2. The minimum absolute atomic E-state index is 0.0103. The van der Waals surface area contributed by atoms with E-state index in [-0.39, 0.29) is 11.7 Å². The van der Waals surface area contributed by atoms with E-state index in [1.165, 1.54) is 11.3 Å². The van der Waals surface area contributed by atoms with E-state index in [2.05, 4.69) is 0 Å². The molecule has 15 heavy (non-hydrogen) atoms. The molecule has 0 bridgehead atoms. The Kier molecular flexibility index (Phi) is 3.19. The smallest absolute Gasteiger partial charge is 0.187 e. The minimum Gasteiger partial charge on any atom is -0.292 e. The molecule has 1 heterocycles. The SMILES string of the molecule is O=C(CCl)c1ccc(-c2ccccc2)s1. The van der Waals surface area contributed by atoms with Crippen LogP contribution in [0.4, 0.5) is 0 Å². The van der Waals surface area contributed by atoms with Gasteiger partial charge in [0.15, 0.2) is 5.78 Å². The number of halogens is 1. The third-order valence-corrected chi connectivity index (χ3v) is 3.48. The molecule has 0 fully saturated rings. The van der Waals surface area contributed by atoms with E-state index in [1.54, 1.807) is 0 Å². The molecule has 1 aromatic carbocycles. The van der Waals surface area contributed by atoms with Crippen LogP contribution in [0.15, 0.2) is 42.5 Å². The van der Waals surface area contributed by atoms with Gasteiger partial charge in [-0.1, -0.05) is 30.3 Å². The largest absolute Gasteiger partial charge is 0.292 e. The standard InChI is InChI=1S/C12H9ClOS/c13-8-10(14)12-7-6-11(15-12)9-4-2-1-3-5-9/h1-7H,8H2. The van der Waals surface area contributed by atoms with Crippen LogP contribution in [0, 0.1) is 0 Å². The molecule has 2 rings (SSSR count). The van der Waals surface area contributed by atoms with Crippen molar-refractivity contribution in [3.63, 3.8) is 0 Å². The zero-order chi connectivity index (χ0) is 10.7. The summed E-state index contributed by atoms with van der Waals surface area (Å²) >= 11 is 6.98. The molecule has 0 spiro atoms. The van der Waals surface area contributed by atoms with E-state index in [1.807, 2.05) is 42.5 Å². The lowest BCUT2D eigenvalue weighted by atomic mass is 10.2. The molecule has 0 N–H and O–H groups in total. The topological polar surface area (TPSA) is 17.1 Å². The van der Waals surface area contributed by atoms with Crippen LogP contribution < -0.4 is 0 Å². The van der Waals surface area contributed by atoms with Crippen molar-refractivity contribution in [3.05, 3.63) is 47.3 Å². The molecule has 1 aromatic heterocycles. The van der Waals surface area contributed by atoms with Crippen molar-refractivity contribution in [3.8, 4) is 10.4 Å². The third-order valence-electron chi connectivity index (χ3n) is 2.06. The Morgan fingerprint density at radius 1 is 1.13 bits per heavy atom. The Balaban J connectivity index is 2.32. The Hall–Kier alpha value is -1.12. The number of carbonyl (C=O) groups is 1. The second-order valence-electron chi connectivity index (χ2n) is 3.09. The van der Waals surface area contributed by atoms with Crippen molar-refractivity contribution in [1.82, 2.24) is 0 Å². The van der Waals surface area contributed by atoms with Gasteiger partial charge in [-0.3, -0.25) is 4.79 Å². The zero-order valence-corrected chi connectivity index (χ0v) is 9.52. The summed E-state index contributed by atoms with van der Waals surface area (Å²) in [6.45, 7) is 0. The lowest BCUT2D eigenvalue weighted by molar-refractivity contribution is 0.102. The van der Waals surface area contributed by atoms with Gasteiger partial charge in [0, 0.05) is 4.88 Å². The Morgan fingerprint density at radius 2 is 1.87 bits per heavy atom. The monoisotopic (exact) mass is 236 g/mol. The second-order valence-corrected chi connectivity index (χ2v) is 4.44. The van der Waals surface area contributed by atoms with Crippen LogP contribution in [0.3, 0.4) is 0 Å². The highest BCUT2D eigenvalue weighted by Gasteiger charge is 2.08. The van der Waals surface area contributed by atoms with Crippen molar-refractivity contribution in [2.45, 2.75) is 0 Å². The van der Waals surface area contributed by atoms with E-state index < -0.39 is 0 Å². The lowest BCUT2D eigenvalue weighted by Gasteiger charge is -1.94. The molecule has 0 radical (unpaired) electrons. The number of carbonyl (C=O) groups excluding carboxylic acids is 1. The maximum atomic E-state index is 11.3. The molecule has 0 unspecified atom stereocenters. The average molecular weight is 237 g/mol. The van der Waals surface area contributed by atoms with Crippen molar-refractivity contribution in [2.24, 2.45) is 0 Å². The zero-order valence-electron chi connectivity index (χ0n) is 7.94. The van der Waals surface area contributed by atoms with Crippen LogP contribution in [-0.2, 0) is 0 Å². The molecule has 0 aliphatic heterocycles. The van der Waals surface area contributed by atoms with Crippen LogP contribution in [-0.4, -0.2) is 11.7 Å². The maximum Gasteiger partial charge on any atom is 0.187 e. The normalized spacial score (nSPS) is 10.2. The summed E-state index contributed by atoms with van der Waals surface area (Å²) in [7, 11) is 0. The number of benzene rings is 1. The van der Waals surface area contributed by atoms with Crippen molar-refractivity contribution in [1.29, 1.82) is 0 Å². The number of ketones is 1. The number of rotatable bonds is 3. The second kappa shape index (κ2) is 4.60. The molecule has 0 amide bonds. The van der Waals surface area contributed by atoms with Crippen molar-refractivity contribution >= 4 is 28.7 Å². The van der Waals surface area contributed by atoms with Gasteiger partial charge in [-0.2, -0.15) is 0 Å². The summed E-state index contributed by atoms with van der Waals surface area (Å²) in [5, 5.41) is 0. The number of thiophene rings is 1. The van der Waals surface area contributed by atoms with Gasteiger partial charge < -0.3 is 0 Å². The molecule has 3 heteroatoms. The van der Waals surface area contributed by atoms with Crippen LogP contribution in [0.25, 0.3) is 10.4 Å².